The Morgan fingerprint density at radius 1 is 1.33 bits per heavy atom. The van der Waals surface area contributed by atoms with E-state index < -0.39 is 0 Å². The number of anilines is 1. The fourth-order valence-electron chi connectivity index (χ4n) is 1.13. The third-order valence-corrected chi connectivity index (χ3v) is 3.44. The highest BCUT2D eigenvalue weighted by Gasteiger charge is 2.16. The van der Waals surface area contributed by atoms with Crippen LogP contribution in [0.1, 0.15) is 0 Å². The molecule has 0 aliphatic heterocycles. The molecule has 15 heavy (non-hydrogen) atoms. The monoisotopic (exact) mass is 354 g/mol. The molecule has 0 spiro atoms. The molecular formula is C9H5Cl2IN2O. The van der Waals surface area contributed by atoms with Crippen molar-refractivity contribution in [3.8, 4) is 11.3 Å². The van der Waals surface area contributed by atoms with E-state index in [1.54, 1.807) is 18.2 Å². The molecule has 1 aromatic carbocycles. The molecule has 0 aliphatic carbocycles. The van der Waals surface area contributed by atoms with Crippen molar-refractivity contribution >= 4 is 51.6 Å². The van der Waals surface area contributed by atoms with E-state index in [0.717, 1.165) is 3.57 Å². The van der Waals surface area contributed by atoms with E-state index in [-0.39, 0.29) is 0 Å². The summed E-state index contributed by atoms with van der Waals surface area (Å²) >= 11 is 13.9. The van der Waals surface area contributed by atoms with Gasteiger partial charge in [-0.2, -0.15) is 0 Å². The van der Waals surface area contributed by atoms with E-state index in [4.69, 9.17) is 33.5 Å². The third-order valence-electron chi connectivity index (χ3n) is 1.83. The fourth-order valence-corrected chi connectivity index (χ4v) is 1.99. The summed E-state index contributed by atoms with van der Waals surface area (Å²) in [5.41, 5.74) is 6.27. The predicted molar refractivity (Wildman–Crippen MR) is 69.1 cm³/mol. The van der Waals surface area contributed by atoms with Crippen LogP contribution >= 0.6 is 45.8 Å². The lowest BCUT2D eigenvalue weighted by Crippen LogP contribution is -1.86. The second-order valence-corrected chi connectivity index (χ2v) is 4.76. The number of hydrogen-bond acceptors (Lipinski definition) is 3. The Hall–Kier alpha value is -0.460. The van der Waals surface area contributed by atoms with Crippen LogP contribution in [0.25, 0.3) is 11.3 Å². The standard InChI is InChI=1S/C9H5Cl2IN2O/c10-4-1-2-6(11)5(3-4)8-7(12)9(13)14-15-8/h1-3H,(H2,13,14). The average Bonchev–Trinajstić information content (AvgIpc) is 2.52. The van der Waals surface area contributed by atoms with Crippen LogP contribution in [0.2, 0.25) is 10.0 Å². The van der Waals surface area contributed by atoms with Gasteiger partial charge in [0.15, 0.2) is 11.6 Å². The number of nitrogens with two attached hydrogens (primary N) is 1. The molecule has 2 aromatic rings. The van der Waals surface area contributed by atoms with Gasteiger partial charge in [-0.1, -0.05) is 28.4 Å². The van der Waals surface area contributed by atoms with Crippen LogP contribution in [-0.4, -0.2) is 5.16 Å². The van der Waals surface area contributed by atoms with Crippen molar-refractivity contribution in [3.05, 3.63) is 31.8 Å². The molecule has 1 aromatic heterocycles. The molecule has 2 N–H and O–H groups in total. The number of hydrogen-bond donors (Lipinski definition) is 1. The van der Waals surface area contributed by atoms with Gasteiger partial charge in [-0.05, 0) is 40.8 Å². The smallest absolute Gasteiger partial charge is 0.183 e. The predicted octanol–water partition coefficient (Wildman–Crippen LogP) is 3.84. The Morgan fingerprint density at radius 3 is 2.67 bits per heavy atom. The van der Waals surface area contributed by atoms with E-state index >= 15 is 0 Å². The van der Waals surface area contributed by atoms with E-state index in [0.29, 0.717) is 27.2 Å². The number of nitrogen functional groups attached to an aromatic ring is 1. The molecule has 6 heteroatoms. The van der Waals surface area contributed by atoms with Crippen LogP contribution in [0.5, 0.6) is 0 Å². The zero-order chi connectivity index (χ0) is 11.0. The molecule has 0 fully saturated rings. The summed E-state index contributed by atoms with van der Waals surface area (Å²) in [6, 6.07) is 5.12. The van der Waals surface area contributed by atoms with Crippen molar-refractivity contribution in [3.63, 3.8) is 0 Å². The van der Waals surface area contributed by atoms with Gasteiger partial charge in [0.25, 0.3) is 0 Å². The number of benzene rings is 1. The lowest BCUT2D eigenvalue weighted by atomic mass is 10.2. The van der Waals surface area contributed by atoms with E-state index in [2.05, 4.69) is 5.16 Å². The normalized spacial score (nSPS) is 10.6. The topological polar surface area (TPSA) is 52.0 Å². The highest BCUT2D eigenvalue weighted by atomic mass is 127. The molecule has 0 saturated carbocycles. The first-order valence-electron chi connectivity index (χ1n) is 3.95. The molecule has 78 valence electrons. The van der Waals surface area contributed by atoms with Crippen molar-refractivity contribution in [2.75, 3.05) is 5.73 Å². The minimum Gasteiger partial charge on any atom is -0.380 e. The SMILES string of the molecule is Nc1noc(-c2cc(Cl)ccc2Cl)c1I. The third kappa shape index (κ3) is 2.07. The van der Waals surface area contributed by atoms with Gasteiger partial charge in [0.2, 0.25) is 0 Å². The van der Waals surface area contributed by atoms with Crippen molar-refractivity contribution in [1.82, 2.24) is 5.16 Å². The van der Waals surface area contributed by atoms with Gasteiger partial charge < -0.3 is 10.3 Å². The summed E-state index contributed by atoms with van der Waals surface area (Å²) in [6.07, 6.45) is 0. The summed E-state index contributed by atoms with van der Waals surface area (Å²) in [6.45, 7) is 0. The van der Waals surface area contributed by atoms with E-state index in [1.807, 2.05) is 22.6 Å². The van der Waals surface area contributed by atoms with Gasteiger partial charge in [0.05, 0.1) is 5.02 Å². The van der Waals surface area contributed by atoms with Crippen LogP contribution in [0, 0.1) is 3.57 Å². The molecule has 0 amide bonds. The fraction of sp³-hybridized carbons (Fsp3) is 0. The summed E-state index contributed by atoms with van der Waals surface area (Å²) in [5.74, 6) is 0.891. The van der Waals surface area contributed by atoms with Crippen molar-refractivity contribution < 1.29 is 4.52 Å². The number of nitrogens with zero attached hydrogens (tertiary/aromatic N) is 1. The Labute approximate surface area is 110 Å². The number of rotatable bonds is 1. The molecule has 0 saturated heterocycles. The van der Waals surface area contributed by atoms with Crippen LogP contribution in [0.4, 0.5) is 5.82 Å². The summed E-state index contributed by atoms with van der Waals surface area (Å²) in [5, 5.41) is 4.79. The summed E-state index contributed by atoms with van der Waals surface area (Å²) < 4.78 is 5.82. The van der Waals surface area contributed by atoms with Crippen molar-refractivity contribution in [1.29, 1.82) is 0 Å². The minimum absolute atomic E-state index is 0.349. The van der Waals surface area contributed by atoms with Gasteiger partial charge in [-0.3, -0.25) is 0 Å². The second kappa shape index (κ2) is 4.19. The summed E-state index contributed by atoms with van der Waals surface area (Å²) in [4.78, 5) is 0. The first-order chi connectivity index (χ1) is 7.09. The molecule has 0 unspecified atom stereocenters. The lowest BCUT2D eigenvalue weighted by molar-refractivity contribution is 0.435. The molecule has 0 radical (unpaired) electrons. The van der Waals surface area contributed by atoms with Gasteiger partial charge in [0.1, 0.15) is 3.57 Å². The number of aromatic nitrogens is 1. The molecule has 0 aliphatic rings. The van der Waals surface area contributed by atoms with Crippen LogP contribution in [0.15, 0.2) is 22.7 Å². The lowest BCUT2D eigenvalue weighted by Gasteiger charge is -2.00. The van der Waals surface area contributed by atoms with Crippen LogP contribution < -0.4 is 5.73 Å². The molecule has 0 atom stereocenters. The molecule has 2 rings (SSSR count). The average molecular weight is 355 g/mol. The van der Waals surface area contributed by atoms with E-state index in [9.17, 15) is 0 Å². The van der Waals surface area contributed by atoms with E-state index in [1.165, 1.54) is 0 Å². The van der Waals surface area contributed by atoms with Crippen LogP contribution in [0.3, 0.4) is 0 Å². The van der Waals surface area contributed by atoms with Gasteiger partial charge in [-0.25, -0.2) is 0 Å². The zero-order valence-electron chi connectivity index (χ0n) is 7.30. The quantitative estimate of drug-likeness (QED) is 0.791. The first kappa shape index (κ1) is 11.0. The van der Waals surface area contributed by atoms with Gasteiger partial charge >= 0.3 is 0 Å². The van der Waals surface area contributed by atoms with Crippen molar-refractivity contribution in [2.24, 2.45) is 0 Å². The molecule has 3 nitrogen and oxygen atoms in total. The zero-order valence-corrected chi connectivity index (χ0v) is 11.0. The van der Waals surface area contributed by atoms with Gasteiger partial charge in [0, 0.05) is 10.6 Å². The first-order valence-corrected chi connectivity index (χ1v) is 5.79. The highest BCUT2D eigenvalue weighted by molar-refractivity contribution is 14.1. The maximum absolute atomic E-state index is 6.02. The van der Waals surface area contributed by atoms with Crippen molar-refractivity contribution in [2.45, 2.75) is 0 Å². The molecular weight excluding hydrogens is 350 g/mol. The largest absolute Gasteiger partial charge is 0.380 e. The highest BCUT2D eigenvalue weighted by Crippen LogP contribution is 2.35. The molecule has 1 heterocycles. The Kier molecular flexibility index (Phi) is 3.08. The summed E-state index contributed by atoms with van der Waals surface area (Å²) in [7, 11) is 0. The molecule has 0 bridgehead atoms. The Bertz CT molecular complexity index is 513. The second-order valence-electron chi connectivity index (χ2n) is 2.84. The Morgan fingerprint density at radius 2 is 2.07 bits per heavy atom. The maximum Gasteiger partial charge on any atom is 0.183 e. The van der Waals surface area contributed by atoms with Gasteiger partial charge in [-0.15, -0.1) is 0 Å². The minimum atomic E-state index is 0.349. The Balaban J connectivity index is 2.63. The maximum atomic E-state index is 6.02. The van der Waals surface area contributed by atoms with Crippen LogP contribution in [-0.2, 0) is 0 Å². The number of halogens is 3.